The van der Waals surface area contributed by atoms with E-state index in [1.165, 1.54) is 17.6 Å². The van der Waals surface area contributed by atoms with Gasteiger partial charge in [0, 0.05) is 18.1 Å². The molecule has 1 aromatic heterocycles. The highest BCUT2D eigenvalue weighted by atomic mass is 32.1. The van der Waals surface area contributed by atoms with E-state index in [0.29, 0.717) is 35.5 Å². The standard InChI is InChI=1S/C21H23N5O4S/c1-28-16-7-4-8-17(12-16)29-10-5-11-30-18-9-3-2-6-15(18)14-23-24-19(27)13-20-25-26-21(22)31-20/h2-4,6-9,12,14H,5,10-11,13H2,1H3,(H2,22,26)(H,24,27). The Morgan fingerprint density at radius 1 is 1.13 bits per heavy atom. The Morgan fingerprint density at radius 3 is 2.74 bits per heavy atom. The third-order valence-corrected chi connectivity index (χ3v) is 4.71. The molecule has 0 saturated heterocycles. The summed E-state index contributed by atoms with van der Waals surface area (Å²) in [6.07, 6.45) is 2.30. The van der Waals surface area contributed by atoms with Gasteiger partial charge in [-0.2, -0.15) is 5.10 Å². The van der Waals surface area contributed by atoms with Crippen LogP contribution in [0.5, 0.6) is 17.2 Å². The first kappa shape index (κ1) is 22.0. The fourth-order valence-electron chi connectivity index (χ4n) is 2.53. The lowest BCUT2D eigenvalue weighted by molar-refractivity contribution is -0.120. The van der Waals surface area contributed by atoms with Crippen LogP contribution in [-0.4, -0.2) is 42.6 Å². The summed E-state index contributed by atoms with van der Waals surface area (Å²) in [7, 11) is 1.62. The molecule has 1 amide bonds. The first-order chi connectivity index (χ1) is 15.1. The van der Waals surface area contributed by atoms with Crippen LogP contribution in [0, 0.1) is 0 Å². The molecule has 0 unspecified atom stereocenters. The number of nitrogens with zero attached hydrogens (tertiary/aromatic N) is 3. The van der Waals surface area contributed by atoms with Crippen molar-refractivity contribution in [1.82, 2.24) is 15.6 Å². The van der Waals surface area contributed by atoms with Gasteiger partial charge >= 0.3 is 0 Å². The predicted octanol–water partition coefficient (Wildman–Crippen LogP) is 2.67. The molecule has 3 rings (SSSR count). The number of nitrogen functional groups attached to an aromatic ring is 1. The van der Waals surface area contributed by atoms with Gasteiger partial charge < -0.3 is 19.9 Å². The number of ether oxygens (including phenoxy) is 3. The number of carbonyl (C=O) groups is 1. The average molecular weight is 442 g/mol. The molecule has 2 aromatic carbocycles. The summed E-state index contributed by atoms with van der Waals surface area (Å²) in [6, 6.07) is 14.9. The molecule has 31 heavy (non-hydrogen) atoms. The number of carbonyl (C=O) groups excluding carboxylic acids is 1. The molecule has 0 atom stereocenters. The van der Waals surface area contributed by atoms with Crippen molar-refractivity contribution in [2.45, 2.75) is 12.8 Å². The van der Waals surface area contributed by atoms with Gasteiger partial charge in [-0.15, -0.1) is 10.2 Å². The molecule has 3 aromatic rings. The van der Waals surface area contributed by atoms with E-state index in [2.05, 4.69) is 20.7 Å². The molecule has 162 valence electrons. The van der Waals surface area contributed by atoms with Crippen LogP contribution in [0.4, 0.5) is 5.13 Å². The molecular formula is C21H23N5O4S. The highest BCUT2D eigenvalue weighted by molar-refractivity contribution is 7.15. The first-order valence-electron chi connectivity index (χ1n) is 9.52. The highest BCUT2D eigenvalue weighted by Crippen LogP contribution is 2.19. The molecule has 0 fully saturated rings. The molecule has 0 aliphatic rings. The quantitative estimate of drug-likeness (QED) is 0.267. The van der Waals surface area contributed by atoms with E-state index in [-0.39, 0.29) is 12.3 Å². The van der Waals surface area contributed by atoms with Crippen LogP contribution in [0.1, 0.15) is 17.0 Å². The lowest BCUT2D eigenvalue weighted by atomic mass is 10.2. The number of benzene rings is 2. The highest BCUT2D eigenvalue weighted by Gasteiger charge is 2.07. The number of amides is 1. The van der Waals surface area contributed by atoms with Gasteiger partial charge in [-0.1, -0.05) is 29.5 Å². The van der Waals surface area contributed by atoms with Gasteiger partial charge in [-0.05, 0) is 24.3 Å². The van der Waals surface area contributed by atoms with Crippen LogP contribution in [0.3, 0.4) is 0 Å². The van der Waals surface area contributed by atoms with Gasteiger partial charge in [-0.25, -0.2) is 5.43 Å². The van der Waals surface area contributed by atoms with Crippen molar-refractivity contribution >= 4 is 28.6 Å². The van der Waals surface area contributed by atoms with Crippen molar-refractivity contribution in [3.8, 4) is 17.2 Å². The molecule has 0 saturated carbocycles. The zero-order valence-corrected chi connectivity index (χ0v) is 17.8. The van der Waals surface area contributed by atoms with Gasteiger partial charge in [0.15, 0.2) is 0 Å². The number of hydrogen-bond donors (Lipinski definition) is 2. The molecular weight excluding hydrogens is 418 g/mol. The van der Waals surface area contributed by atoms with E-state index in [1.807, 2.05) is 48.5 Å². The van der Waals surface area contributed by atoms with Crippen LogP contribution >= 0.6 is 11.3 Å². The number of anilines is 1. The number of para-hydroxylation sites is 1. The van der Waals surface area contributed by atoms with Crippen molar-refractivity contribution < 1.29 is 19.0 Å². The fraction of sp³-hybridized carbons (Fsp3) is 0.238. The molecule has 3 N–H and O–H groups in total. The van der Waals surface area contributed by atoms with Gasteiger partial charge in [0.1, 0.15) is 22.3 Å². The summed E-state index contributed by atoms with van der Waals surface area (Å²) in [5, 5.41) is 12.3. The van der Waals surface area contributed by atoms with E-state index in [4.69, 9.17) is 19.9 Å². The van der Waals surface area contributed by atoms with E-state index in [1.54, 1.807) is 7.11 Å². The minimum atomic E-state index is -0.305. The molecule has 0 aliphatic heterocycles. The van der Waals surface area contributed by atoms with Gasteiger partial charge in [0.2, 0.25) is 11.0 Å². The van der Waals surface area contributed by atoms with E-state index in [9.17, 15) is 4.79 Å². The molecule has 1 heterocycles. The van der Waals surface area contributed by atoms with Crippen molar-refractivity contribution in [2.75, 3.05) is 26.1 Å². The number of nitrogens with one attached hydrogen (secondary N) is 1. The Balaban J connectivity index is 1.43. The maximum Gasteiger partial charge on any atom is 0.247 e. The smallest absolute Gasteiger partial charge is 0.247 e. The Labute approximate surface area is 183 Å². The van der Waals surface area contributed by atoms with Crippen LogP contribution < -0.4 is 25.4 Å². The molecule has 10 heteroatoms. The fourth-order valence-corrected chi connectivity index (χ4v) is 3.14. The third kappa shape index (κ3) is 7.27. The number of aromatic nitrogens is 2. The lowest BCUT2D eigenvalue weighted by Gasteiger charge is -2.10. The predicted molar refractivity (Wildman–Crippen MR) is 119 cm³/mol. The van der Waals surface area contributed by atoms with Gasteiger partial charge in [-0.3, -0.25) is 4.79 Å². The second kappa shape index (κ2) is 11.5. The lowest BCUT2D eigenvalue weighted by Crippen LogP contribution is -2.19. The summed E-state index contributed by atoms with van der Waals surface area (Å²) in [5.41, 5.74) is 8.71. The summed E-state index contributed by atoms with van der Waals surface area (Å²) in [5.74, 6) is 1.86. The maximum atomic E-state index is 11.9. The van der Waals surface area contributed by atoms with Gasteiger partial charge in [0.25, 0.3) is 0 Å². The molecule has 9 nitrogen and oxygen atoms in total. The molecule has 0 bridgehead atoms. The maximum absolute atomic E-state index is 11.9. The van der Waals surface area contributed by atoms with E-state index >= 15 is 0 Å². The van der Waals surface area contributed by atoms with Crippen LogP contribution in [0.2, 0.25) is 0 Å². The summed E-state index contributed by atoms with van der Waals surface area (Å²) in [6.45, 7) is 0.981. The summed E-state index contributed by atoms with van der Waals surface area (Å²) in [4.78, 5) is 11.9. The van der Waals surface area contributed by atoms with Gasteiger partial charge in [0.05, 0.1) is 33.0 Å². The Kier molecular flexibility index (Phi) is 8.18. The summed E-state index contributed by atoms with van der Waals surface area (Å²) >= 11 is 1.17. The number of hydrogen-bond acceptors (Lipinski definition) is 9. The second-order valence-electron chi connectivity index (χ2n) is 6.27. The molecule has 0 aliphatic carbocycles. The van der Waals surface area contributed by atoms with Crippen molar-refractivity contribution in [2.24, 2.45) is 5.10 Å². The van der Waals surface area contributed by atoms with Crippen molar-refractivity contribution in [3.05, 3.63) is 59.1 Å². The van der Waals surface area contributed by atoms with Crippen LogP contribution in [-0.2, 0) is 11.2 Å². The Hall–Kier alpha value is -3.66. The normalized spacial score (nSPS) is 10.7. The monoisotopic (exact) mass is 441 g/mol. The second-order valence-corrected chi connectivity index (χ2v) is 7.36. The minimum absolute atomic E-state index is 0.0671. The zero-order chi connectivity index (χ0) is 21.9. The Bertz CT molecular complexity index is 1020. The molecule has 0 spiro atoms. The SMILES string of the molecule is COc1cccc(OCCCOc2ccccc2C=NNC(=O)Cc2nnc(N)s2)c1. The minimum Gasteiger partial charge on any atom is -0.497 e. The van der Waals surface area contributed by atoms with E-state index < -0.39 is 0 Å². The first-order valence-corrected chi connectivity index (χ1v) is 10.3. The zero-order valence-electron chi connectivity index (χ0n) is 17.0. The number of methoxy groups -OCH3 is 1. The van der Waals surface area contributed by atoms with Crippen molar-refractivity contribution in [1.29, 1.82) is 0 Å². The number of rotatable bonds is 11. The Morgan fingerprint density at radius 2 is 1.94 bits per heavy atom. The summed E-state index contributed by atoms with van der Waals surface area (Å²) < 4.78 is 16.7. The topological polar surface area (TPSA) is 121 Å². The van der Waals surface area contributed by atoms with E-state index in [0.717, 1.165) is 17.1 Å². The number of nitrogens with two attached hydrogens (primary N) is 1. The number of hydrazone groups is 1. The van der Waals surface area contributed by atoms with Crippen molar-refractivity contribution in [3.63, 3.8) is 0 Å². The van der Waals surface area contributed by atoms with Crippen LogP contribution in [0.15, 0.2) is 53.6 Å². The van der Waals surface area contributed by atoms with Crippen LogP contribution in [0.25, 0.3) is 0 Å². The average Bonchev–Trinajstić information content (AvgIpc) is 3.19. The largest absolute Gasteiger partial charge is 0.497 e. The third-order valence-electron chi connectivity index (χ3n) is 3.96. The molecule has 0 radical (unpaired) electrons.